The van der Waals surface area contributed by atoms with Crippen LogP contribution >= 0.6 is 0 Å². The van der Waals surface area contributed by atoms with Gasteiger partial charge in [0.05, 0.1) is 12.7 Å². The zero-order valence-corrected chi connectivity index (χ0v) is 14.0. The predicted octanol–water partition coefficient (Wildman–Crippen LogP) is 1.39. The number of alkyl halides is 3. The van der Waals surface area contributed by atoms with E-state index >= 15 is 0 Å². The van der Waals surface area contributed by atoms with E-state index in [-0.39, 0.29) is 17.7 Å². The molecule has 0 atom stereocenters. The van der Waals surface area contributed by atoms with Crippen molar-refractivity contribution in [3.8, 4) is 5.88 Å². The number of hydrogen-bond acceptors (Lipinski definition) is 6. The average Bonchev–Trinajstić information content (AvgIpc) is 2.99. The Bertz CT molecular complexity index is 759. The molecule has 0 saturated heterocycles. The van der Waals surface area contributed by atoms with Crippen molar-refractivity contribution in [2.45, 2.75) is 38.9 Å². The lowest BCUT2D eigenvalue weighted by Gasteiger charge is -2.04. The van der Waals surface area contributed by atoms with Gasteiger partial charge in [0.1, 0.15) is 12.4 Å². The Labute approximate surface area is 147 Å². The summed E-state index contributed by atoms with van der Waals surface area (Å²) in [6.07, 6.45) is 0.567. The number of rotatable bonds is 7. The summed E-state index contributed by atoms with van der Waals surface area (Å²) in [5, 5.41) is 20.0. The van der Waals surface area contributed by atoms with Crippen molar-refractivity contribution in [3.05, 3.63) is 23.8 Å². The van der Waals surface area contributed by atoms with Gasteiger partial charge in [-0.05, 0) is 19.8 Å². The highest BCUT2D eigenvalue weighted by Gasteiger charge is 2.26. The van der Waals surface area contributed by atoms with E-state index in [2.05, 4.69) is 30.5 Å². The molecule has 2 heterocycles. The third kappa shape index (κ3) is 6.53. The summed E-state index contributed by atoms with van der Waals surface area (Å²) in [5.41, 5.74) is 5.98. The SMILES string of the molecule is Cc1cnc(CCCCn2ncc(N/C(N)=N\CC(F)(F)F)n2)nc1O. The van der Waals surface area contributed by atoms with Crippen molar-refractivity contribution < 1.29 is 18.3 Å². The van der Waals surface area contributed by atoms with Crippen LogP contribution < -0.4 is 11.1 Å². The number of nitrogens with two attached hydrogens (primary N) is 1. The summed E-state index contributed by atoms with van der Waals surface area (Å²) >= 11 is 0. The number of aromatic nitrogens is 5. The van der Waals surface area contributed by atoms with Crippen molar-refractivity contribution in [3.63, 3.8) is 0 Å². The first-order valence-electron chi connectivity index (χ1n) is 7.78. The monoisotopic (exact) mass is 372 g/mol. The molecule has 2 aromatic rings. The number of aromatic hydroxyl groups is 1. The first-order valence-corrected chi connectivity index (χ1v) is 7.78. The molecular formula is C14H19F3N8O. The largest absolute Gasteiger partial charge is 0.493 e. The molecule has 0 unspecified atom stereocenters. The Kier molecular flexibility index (Phi) is 6.31. The molecule has 4 N–H and O–H groups in total. The standard InChI is InChI=1S/C14H19F3N8O/c1-9-6-19-10(22-12(9)26)4-2-3-5-25-21-7-11(24-25)23-13(18)20-8-14(15,16)17/h6-7H,2-5,8H2,1H3,(H,19,22,26)(H3,18,20,23,24). The van der Waals surface area contributed by atoms with Crippen LogP contribution in [0.3, 0.4) is 0 Å². The number of aryl methyl sites for hydroxylation is 3. The van der Waals surface area contributed by atoms with E-state index in [4.69, 9.17) is 5.73 Å². The zero-order chi connectivity index (χ0) is 19.2. The smallest absolute Gasteiger partial charge is 0.408 e. The molecule has 2 rings (SSSR count). The molecule has 0 radical (unpaired) electrons. The van der Waals surface area contributed by atoms with E-state index in [0.29, 0.717) is 24.4 Å². The maximum Gasteiger partial charge on any atom is 0.408 e. The summed E-state index contributed by atoms with van der Waals surface area (Å²) in [6.45, 7) is 0.852. The number of anilines is 1. The van der Waals surface area contributed by atoms with Crippen LogP contribution in [0.25, 0.3) is 0 Å². The molecule has 142 valence electrons. The number of halogens is 3. The zero-order valence-electron chi connectivity index (χ0n) is 14.0. The van der Waals surface area contributed by atoms with Gasteiger partial charge in [-0.1, -0.05) is 0 Å². The molecular weight excluding hydrogens is 353 g/mol. The Balaban J connectivity index is 1.75. The van der Waals surface area contributed by atoms with Gasteiger partial charge in [0.25, 0.3) is 0 Å². The summed E-state index contributed by atoms with van der Waals surface area (Å²) < 4.78 is 36.2. The number of aliphatic imine (C=N–C) groups is 1. The van der Waals surface area contributed by atoms with E-state index in [0.717, 1.165) is 12.8 Å². The molecule has 9 nitrogen and oxygen atoms in total. The van der Waals surface area contributed by atoms with Crippen LogP contribution in [-0.2, 0) is 13.0 Å². The van der Waals surface area contributed by atoms with E-state index in [1.165, 1.54) is 11.0 Å². The molecule has 0 saturated carbocycles. The molecule has 0 bridgehead atoms. The highest BCUT2D eigenvalue weighted by atomic mass is 19.4. The molecule has 0 amide bonds. The minimum Gasteiger partial charge on any atom is -0.493 e. The number of nitrogens with one attached hydrogen (secondary N) is 1. The van der Waals surface area contributed by atoms with Crippen LogP contribution in [0, 0.1) is 6.92 Å². The molecule has 0 aliphatic carbocycles. The van der Waals surface area contributed by atoms with Gasteiger partial charge in [-0.15, -0.1) is 5.10 Å². The highest BCUT2D eigenvalue weighted by Crippen LogP contribution is 2.14. The molecule has 26 heavy (non-hydrogen) atoms. The lowest BCUT2D eigenvalue weighted by Crippen LogP contribution is -2.25. The maximum absolute atomic E-state index is 12.1. The van der Waals surface area contributed by atoms with Gasteiger partial charge in [-0.3, -0.25) is 0 Å². The molecule has 0 fully saturated rings. The molecule has 0 spiro atoms. The Morgan fingerprint density at radius 2 is 2.12 bits per heavy atom. The van der Waals surface area contributed by atoms with E-state index in [9.17, 15) is 18.3 Å². The van der Waals surface area contributed by atoms with Crippen LogP contribution in [-0.4, -0.2) is 48.7 Å². The number of unbranched alkanes of at least 4 members (excludes halogenated alkanes) is 1. The number of hydrogen-bond donors (Lipinski definition) is 3. The Morgan fingerprint density at radius 1 is 1.35 bits per heavy atom. The molecule has 2 aromatic heterocycles. The summed E-state index contributed by atoms with van der Waals surface area (Å²) in [7, 11) is 0. The van der Waals surface area contributed by atoms with E-state index in [1.807, 2.05) is 0 Å². The van der Waals surface area contributed by atoms with Crippen LogP contribution in [0.2, 0.25) is 0 Å². The van der Waals surface area contributed by atoms with Gasteiger partial charge >= 0.3 is 6.18 Å². The summed E-state index contributed by atoms with van der Waals surface area (Å²) in [5.74, 6) is 0.354. The van der Waals surface area contributed by atoms with E-state index < -0.39 is 12.7 Å². The van der Waals surface area contributed by atoms with Crippen molar-refractivity contribution in [2.24, 2.45) is 10.7 Å². The highest BCUT2D eigenvalue weighted by molar-refractivity contribution is 5.91. The van der Waals surface area contributed by atoms with Gasteiger partial charge < -0.3 is 16.2 Å². The first kappa shape index (κ1) is 19.4. The minimum absolute atomic E-state index is 0.0239. The summed E-state index contributed by atoms with van der Waals surface area (Å²) in [6, 6.07) is 0. The second kappa shape index (κ2) is 8.45. The number of guanidine groups is 1. The third-order valence-electron chi connectivity index (χ3n) is 3.22. The van der Waals surface area contributed by atoms with Crippen molar-refractivity contribution >= 4 is 11.8 Å². The summed E-state index contributed by atoms with van der Waals surface area (Å²) in [4.78, 5) is 12.7. The lowest BCUT2D eigenvalue weighted by molar-refractivity contribution is -0.118. The maximum atomic E-state index is 12.1. The second-order valence-corrected chi connectivity index (χ2v) is 5.52. The molecule has 0 aliphatic rings. The molecule has 12 heteroatoms. The van der Waals surface area contributed by atoms with Crippen molar-refractivity contribution in [2.75, 3.05) is 11.9 Å². The average molecular weight is 372 g/mol. The second-order valence-electron chi connectivity index (χ2n) is 5.52. The topological polar surface area (TPSA) is 127 Å². The quantitative estimate of drug-likeness (QED) is 0.381. The fourth-order valence-electron chi connectivity index (χ4n) is 1.93. The first-order chi connectivity index (χ1) is 12.2. The normalized spacial score (nSPS) is 12.4. The number of nitrogens with zero attached hydrogens (tertiary/aromatic N) is 6. The Morgan fingerprint density at radius 3 is 2.81 bits per heavy atom. The van der Waals surface area contributed by atoms with Crippen molar-refractivity contribution in [1.29, 1.82) is 0 Å². The lowest BCUT2D eigenvalue weighted by atomic mass is 10.2. The van der Waals surface area contributed by atoms with Crippen LogP contribution in [0.5, 0.6) is 5.88 Å². The van der Waals surface area contributed by atoms with Gasteiger partial charge in [-0.25, -0.2) is 9.98 Å². The minimum atomic E-state index is -4.41. The van der Waals surface area contributed by atoms with Crippen LogP contribution in [0.1, 0.15) is 24.2 Å². The molecule has 0 aromatic carbocycles. The predicted molar refractivity (Wildman–Crippen MR) is 87.6 cm³/mol. The van der Waals surface area contributed by atoms with Gasteiger partial charge in [0, 0.05) is 18.2 Å². The third-order valence-corrected chi connectivity index (χ3v) is 3.22. The van der Waals surface area contributed by atoms with Gasteiger partial charge in [0.15, 0.2) is 11.8 Å². The van der Waals surface area contributed by atoms with Crippen LogP contribution in [0.15, 0.2) is 17.4 Å². The van der Waals surface area contributed by atoms with E-state index in [1.54, 1.807) is 13.1 Å². The van der Waals surface area contributed by atoms with Crippen LogP contribution in [0.4, 0.5) is 19.0 Å². The fraction of sp³-hybridized carbons (Fsp3) is 0.500. The fourth-order valence-corrected chi connectivity index (χ4v) is 1.93. The van der Waals surface area contributed by atoms with Gasteiger partial charge in [-0.2, -0.15) is 28.1 Å². The molecule has 0 aliphatic heterocycles. The van der Waals surface area contributed by atoms with Gasteiger partial charge in [0.2, 0.25) is 5.88 Å². The Hall–Kier alpha value is -2.92. The van der Waals surface area contributed by atoms with Crippen molar-refractivity contribution in [1.82, 2.24) is 25.0 Å².